The van der Waals surface area contributed by atoms with Gasteiger partial charge in [-0.25, -0.2) is 0 Å². The van der Waals surface area contributed by atoms with E-state index in [0.717, 1.165) is 24.5 Å². The smallest absolute Gasteiger partial charge is 0.202 e. The van der Waals surface area contributed by atoms with E-state index in [1.807, 2.05) is 24.3 Å². The molecule has 1 aromatic rings. The van der Waals surface area contributed by atoms with Crippen LogP contribution in [0.1, 0.15) is 6.42 Å². The van der Waals surface area contributed by atoms with Crippen molar-refractivity contribution in [3.8, 4) is 11.5 Å². The van der Waals surface area contributed by atoms with Crippen LogP contribution in [0.25, 0.3) is 0 Å². The van der Waals surface area contributed by atoms with E-state index in [2.05, 4.69) is 6.58 Å². The summed E-state index contributed by atoms with van der Waals surface area (Å²) in [4.78, 5) is 0. The maximum atomic E-state index is 5.51. The first-order valence-electron chi connectivity index (χ1n) is 5.00. The van der Waals surface area contributed by atoms with Gasteiger partial charge in [-0.15, -0.1) is 0 Å². The minimum atomic E-state index is -0.0649. The summed E-state index contributed by atoms with van der Waals surface area (Å²) >= 11 is 0. The van der Waals surface area contributed by atoms with Crippen molar-refractivity contribution in [1.29, 1.82) is 0 Å². The molecule has 0 aromatic heterocycles. The van der Waals surface area contributed by atoms with Crippen molar-refractivity contribution < 1.29 is 14.2 Å². The molecular weight excluding hydrogens is 192 g/mol. The number of rotatable bonds is 5. The molecule has 1 heterocycles. The van der Waals surface area contributed by atoms with Crippen molar-refractivity contribution in [3.05, 3.63) is 36.9 Å². The Morgan fingerprint density at radius 1 is 1.33 bits per heavy atom. The third kappa shape index (κ3) is 2.73. The number of ether oxygens (including phenoxy) is 3. The summed E-state index contributed by atoms with van der Waals surface area (Å²) < 4.78 is 16.0. The molecule has 0 bridgehead atoms. The lowest BCUT2D eigenvalue weighted by molar-refractivity contribution is -0.165. The summed E-state index contributed by atoms with van der Waals surface area (Å²) in [7, 11) is 0. The van der Waals surface area contributed by atoms with Crippen LogP contribution in [0, 0.1) is 0 Å². The van der Waals surface area contributed by atoms with Crippen molar-refractivity contribution in [2.45, 2.75) is 12.7 Å². The van der Waals surface area contributed by atoms with Gasteiger partial charge in [-0.3, -0.25) is 0 Å². The molecule has 1 saturated heterocycles. The molecule has 80 valence electrons. The molecule has 0 spiro atoms. The number of hydrogen-bond acceptors (Lipinski definition) is 3. The van der Waals surface area contributed by atoms with E-state index in [1.54, 1.807) is 6.08 Å². The minimum absolute atomic E-state index is 0.0649. The normalized spacial score (nSPS) is 19.1. The lowest BCUT2D eigenvalue weighted by Gasteiger charge is -2.26. The van der Waals surface area contributed by atoms with E-state index in [9.17, 15) is 0 Å². The molecule has 15 heavy (non-hydrogen) atoms. The van der Waals surface area contributed by atoms with Crippen LogP contribution in [0.4, 0.5) is 0 Å². The molecule has 1 atom stereocenters. The molecule has 1 fully saturated rings. The van der Waals surface area contributed by atoms with Crippen molar-refractivity contribution in [1.82, 2.24) is 0 Å². The molecule has 0 radical (unpaired) electrons. The zero-order chi connectivity index (χ0) is 10.5. The Bertz CT molecular complexity index is 314. The Morgan fingerprint density at radius 2 is 2.00 bits per heavy atom. The first kappa shape index (κ1) is 10.1. The van der Waals surface area contributed by atoms with E-state index in [-0.39, 0.29) is 6.29 Å². The second kappa shape index (κ2) is 4.84. The molecule has 0 aliphatic carbocycles. The summed E-state index contributed by atoms with van der Waals surface area (Å²) in [5, 5.41) is 0. The van der Waals surface area contributed by atoms with Gasteiger partial charge in [0.1, 0.15) is 18.1 Å². The van der Waals surface area contributed by atoms with Crippen molar-refractivity contribution in [2.24, 2.45) is 0 Å². The quantitative estimate of drug-likeness (QED) is 0.692. The molecule has 0 N–H and O–H groups in total. The highest BCUT2D eigenvalue weighted by Crippen LogP contribution is 2.21. The lowest BCUT2D eigenvalue weighted by atomic mass is 10.3. The minimum Gasteiger partial charge on any atom is -0.490 e. The van der Waals surface area contributed by atoms with Crippen LogP contribution in [-0.4, -0.2) is 19.5 Å². The van der Waals surface area contributed by atoms with Crippen LogP contribution in [0.15, 0.2) is 36.9 Å². The van der Waals surface area contributed by atoms with Crippen molar-refractivity contribution in [3.63, 3.8) is 0 Å². The Labute approximate surface area is 89.3 Å². The average molecular weight is 206 g/mol. The van der Waals surface area contributed by atoms with Crippen LogP contribution in [0.5, 0.6) is 11.5 Å². The number of benzene rings is 1. The fourth-order valence-electron chi connectivity index (χ4n) is 1.23. The average Bonchev–Trinajstić information content (AvgIpc) is 2.22. The van der Waals surface area contributed by atoms with Gasteiger partial charge in [0, 0.05) is 6.42 Å². The summed E-state index contributed by atoms with van der Waals surface area (Å²) in [6.07, 6.45) is 2.62. The SMILES string of the molecule is C=CCOc1ccc(OC2CCO2)cc1. The van der Waals surface area contributed by atoms with Crippen LogP contribution < -0.4 is 9.47 Å². The first-order valence-corrected chi connectivity index (χ1v) is 5.00. The van der Waals surface area contributed by atoms with Crippen LogP contribution >= 0.6 is 0 Å². The molecule has 0 amide bonds. The Balaban J connectivity index is 1.87. The van der Waals surface area contributed by atoms with Crippen molar-refractivity contribution in [2.75, 3.05) is 13.2 Å². The molecule has 1 aliphatic heterocycles. The van der Waals surface area contributed by atoms with Crippen LogP contribution in [-0.2, 0) is 4.74 Å². The molecule has 0 saturated carbocycles. The van der Waals surface area contributed by atoms with E-state index >= 15 is 0 Å². The highest BCUT2D eigenvalue weighted by molar-refractivity contribution is 5.31. The first-order chi connectivity index (χ1) is 7.38. The predicted molar refractivity (Wildman–Crippen MR) is 57.1 cm³/mol. The summed E-state index contributed by atoms with van der Waals surface area (Å²) in [6.45, 7) is 4.90. The molecule has 1 aromatic carbocycles. The maximum absolute atomic E-state index is 5.51. The topological polar surface area (TPSA) is 27.7 Å². The predicted octanol–water partition coefficient (Wildman–Crippen LogP) is 2.38. The third-order valence-electron chi connectivity index (χ3n) is 2.12. The summed E-state index contributed by atoms with van der Waals surface area (Å²) in [5.41, 5.74) is 0. The van der Waals surface area contributed by atoms with Gasteiger partial charge < -0.3 is 14.2 Å². The number of hydrogen-bond donors (Lipinski definition) is 0. The highest BCUT2D eigenvalue weighted by Gasteiger charge is 2.19. The van der Waals surface area contributed by atoms with Crippen LogP contribution in [0.2, 0.25) is 0 Å². The maximum Gasteiger partial charge on any atom is 0.202 e. The molecule has 3 nitrogen and oxygen atoms in total. The summed E-state index contributed by atoms with van der Waals surface area (Å²) in [6, 6.07) is 7.50. The Hall–Kier alpha value is -1.48. The second-order valence-corrected chi connectivity index (χ2v) is 3.28. The fraction of sp³-hybridized carbons (Fsp3) is 0.333. The Morgan fingerprint density at radius 3 is 2.53 bits per heavy atom. The summed E-state index contributed by atoms with van der Waals surface area (Å²) in [5.74, 6) is 1.63. The van der Waals surface area contributed by atoms with Gasteiger partial charge >= 0.3 is 0 Å². The monoisotopic (exact) mass is 206 g/mol. The molecule has 1 unspecified atom stereocenters. The van der Waals surface area contributed by atoms with Crippen LogP contribution in [0.3, 0.4) is 0 Å². The van der Waals surface area contributed by atoms with Gasteiger partial charge in [-0.05, 0) is 24.3 Å². The Kier molecular flexibility index (Phi) is 3.25. The van der Waals surface area contributed by atoms with E-state index in [0.29, 0.717) is 6.61 Å². The third-order valence-corrected chi connectivity index (χ3v) is 2.12. The zero-order valence-corrected chi connectivity index (χ0v) is 8.52. The highest BCUT2D eigenvalue weighted by atomic mass is 16.7. The van der Waals surface area contributed by atoms with Gasteiger partial charge in [0.2, 0.25) is 6.29 Å². The van der Waals surface area contributed by atoms with Crippen molar-refractivity contribution >= 4 is 0 Å². The molecular formula is C12H14O3. The fourth-order valence-corrected chi connectivity index (χ4v) is 1.23. The molecule has 1 aliphatic rings. The van der Waals surface area contributed by atoms with Gasteiger partial charge in [0.15, 0.2) is 0 Å². The van der Waals surface area contributed by atoms with Gasteiger partial charge in [0.25, 0.3) is 0 Å². The standard InChI is InChI=1S/C12H14O3/c1-2-8-13-10-3-5-11(6-4-10)15-12-7-9-14-12/h2-6,12H,1,7-9H2. The second-order valence-electron chi connectivity index (χ2n) is 3.28. The molecule has 2 rings (SSSR count). The lowest BCUT2D eigenvalue weighted by Crippen LogP contribution is -2.32. The van der Waals surface area contributed by atoms with Gasteiger partial charge in [-0.1, -0.05) is 12.7 Å². The van der Waals surface area contributed by atoms with E-state index in [1.165, 1.54) is 0 Å². The van der Waals surface area contributed by atoms with Gasteiger partial charge in [-0.2, -0.15) is 0 Å². The van der Waals surface area contributed by atoms with E-state index < -0.39 is 0 Å². The molecule has 3 heteroatoms. The van der Waals surface area contributed by atoms with Gasteiger partial charge in [0.05, 0.1) is 6.61 Å². The largest absolute Gasteiger partial charge is 0.490 e. The van der Waals surface area contributed by atoms with E-state index in [4.69, 9.17) is 14.2 Å². The zero-order valence-electron chi connectivity index (χ0n) is 8.52.